The molecule has 5 heteroatoms. The van der Waals surface area contributed by atoms with Crippen LogP contribution in [0.25, 0.3) is 10.8 Å². The van der Waals surface area contributed by atoms with Crippen molar-refractivity contribution < 1.29 is 4.79 Å². The Hall–Kier alpha value is -1.23. The molecule has 1 saturated heterocycles. The molecular weight excluding hydrogens is 304 g/mol. The lowest BCUT2D eigenvalue weighted by Crippen LogP contribution is -2.42. The Morgan fingerprint density at radius 1 is 1.24 bits per heavy atom. The van der Waals surface area contributed by atoms with E-state index in [1.807, 2.05) is 0 Å². The summed E-state index contributed by atoms with van der Waals surface area (Å²) >= 11 is 1.77. The third-order valence-corrected chi connectivity index (χ3v) is 4.50. The summed E-state index contributed by atoms with van der Waals surface area (Å²) in [6.45, 7) is 0.694. The molecule has 0 bridgehead atoms. The van der Waals surface area contributed by atoms with Crippen molar-refractivity contribution in [3.63, 3.8) is 0 Å². The summed E-state index contributed by atoms with van der Waals surface area (Å²) in [7, 11) is 0. The van der Waals surface area contributed by atoms with Crippen molar-refractivity contribution in [3.05, 3.63) is 48.0 Å². The second-order valence-corrected chi connectivity index (χ2v) is 6.02. The highest BCUT2D eigenvalue weighted by molar-refractivity contribution is 7.99. The first kappa shape index (κ1) is 16.1. The Morgan fingerprint density at radius 3 is 2.81 bits per heavy atom. The van der Waals surface area contributed by atoms with Gasteiger partial charge in [-0.1, -0.05) is 42.5 Å². The number of carbonyl (C=O) groups is 1. The van der Waals surface area contributed by atoms with Crippen LogP contribution >= 0.6 is 24.2 Å². The van der Waals surface area contributed by atoms with Gasteiger partial charge in [-0.3, -0.25) is 10.1 Å². The van der Waals surface area contributed by atoms with E-state index in [0.29, 0.717) is 6.54 Å². The SMILES string of the molecule is Cl.O=C(NCCc1ccc2ccccc2c1)C1CSCN1. The molecule has 0 aliphatic carbocycles. The van der Waals surface area contributed by atoms with Gasteiger partial charge in [0.25, 0.3) is 0 Å². The molecule has 1 amide bonds. The fraction of sp³-hybridized carbons (Fsp3) is 0.312. The van der Waals surface area contributed by atoms with E-state index < -0.39 is 0 Å². The third-order valence-electron chi connectivity index (χ3n) is 3.56. The average molecular weight is 323 g/mol. The fourth-order valence-electron chi connectivity index (χ4n) is 2.41. The van der Waals surface area contributed by atoms with E-state index in [4.69, 9.17) is 0 Å². The number of halogens is 1. The summed E-state index contributed by atoms with van der Waals surface area (Å²) < 4.78 is 0. The zero-order valence-electron chi connectivity index (χ0n) is 11.7. The Morgan fingerprint density at radius 2 is 2.05 bits per heavy atom. The van der Waals surface area contributed by atoms with Crippen LogP contribution in [0.15, 0.2) is 42.5 Å². The van der Waals surface area contributed by atoms with E-state index in [9.17, 15) is 4.79 Å². The molecule has 2 aromatic rings. The first-order chi connectivity index (χ1) is 9.83. The number of hydrogen-bond donors (Lipinski definition) is 2. The maximum Gasteiger partial charge on any atom is 0.238 e. The van der Waals surface area contributed by atoms with E-state index in [-0.39, 0.29) is 24.4 Å². The number of rotatable bonds is 4. The van der Waals surface area contributed by atoms with Gasteiger partial charge in [-0.25, -0.2) is 0 Å². The van der Waals surface area contributed by atoms with Crippen molar-refractivity contribution in [1.29, 1.82) is 0 Å². The van der Waals surface area contributed by atoms with Crippen LogP contribution in [0.5, 0.6) is 0 Å². The molecule has 1 aliphatic heterocycles. The van der Waals surface area contributed by atoms with Gasteiger partial charge in [0.1, 0.15) is 0 Å². The second-order valence-electron chi connectivity index (χ2n) is 4.99. The maximum atomic E-state index is 11.9. The molecule has 2 aromatic carbocycles. The van der Waals surface area contributed by atoms with Crippen molar-refractivity contribution in [3.8, 4) is 0 Å². The lowest BCUT2D eigenvalue weighted by atomic mass is 10.1. The van der Waals surface area contributed by atoms with Crippen LogP contribution in [0.3, 0.4) is 0 Å². The van der Waals surface area contributed by atoms with Crippen molar-refractivity contribution in [2.75, 3.05) is 18.2 Å². The normalized spacial score (nSPS) is 17.4. The first-order valence-corrected chi connectivity index (χ1v) is 8.05. The molecule has 3 rings (SSSR count). The summed E-state index contributed by atoms with van der Waals surface area (Å²) in [5.74, 6) is 1.88. The van der Waals surface area contributed by atoms with Crippen molar-refractivity contribution in [1.82, 2.24) is 10.6 Å². The number of fused-ring (bicyclic) bond motifs is 1. The van der Waals surface area contributed by atoms with Gasteiger partial charge < -0.3 is 5.32 Å². The number of thioether (sulfide) groups is 1. The minimum atomic E-state index is -0.0170. The summed E-state index contributed by atoms with van der Waals surface area (Å²) in [6, 6.07) is 14.8. The Labute approximate surface area is 135 Å². The highest BCUT2D eigenvalue weighted by Gasteiger charge is 2.21. The van der Waals surface area contributed by atoms with E-state index >= 15 is 0 Å². The highest BCUT2D eigenvalue weighted by Crippen LogP contribution is 2.15. The monoisotopic (exact) mass is 322 g/mol. The zero-order valence-corrected chi connectivity index (χ0v) is 13.3. The zero-order chi connectivity index (χ0) is 13.8. The molecule has 112 valence electrons. The summed E-state index contributed by atoms with van der Waals surface area (Å²) in [5, 5.41) is 8.70. The lowest BCUT2D eigenvalue weighted by Gasteiger charge is -2.10. The molecule has 1 aliphatic rings. The Bertz CT molecular complexity index is 614. The highest BCUT2D eigenvalue weighted by atomic mass is 35.5. The van der Waals surface area contributed by atoms with E-state index in [2.05, 4.69) is 53.1 Å². The second kappa shape index (κ2) is 7.69. The molecule has 0 saturated carbocycles. The lowest BCUT2D eigenvalue weighted by molar-refractivity contribution is -0.122. The van der Waals surface area contributed by atoms with Gasteiger partial charge in [0.15, 0.2) is 0 Å². The van der Waals surface area contributed by atoms with Gasteiger partial charge in [-0.05, 0) is 22.8 Å². The first-order valence-electron chi connectivity index (χ1n) is 6.89. The molecule has 21 heavy (non-hydrogen) atoms. The van der Waals surface area contributed by atoms with Gasteiger partial charge in [0.05, 0.1) is 6.04 Å². The molecular formula is C16H19ClN2OS. The van der Waals surface area contributed by atoms with E-state index in [0.717, 1.165) is 18.1 Å². The van der Waals surface area contributed by atoms with Crippen LogP contribution in [-0.2, 0) is 11.2 Å². The van der Waals surface area contributed by atoms with Gasteiger partial charge >= 0.3 is 0 Å². The molecule has 0 radical (unpaired) electrons. The van der Waals surface area contributed by atoms with Crippen molar-refractivity contribution >= 4 is 40.8 Å². The van der Waals surface area contributed by atoms with E-state index in [1.54, 1.807) is 11.8 Å². The van der Waals surface area contributed by atoms with Gasteiger partial charge in [0.2, 0.25) is 5.91 Å². The number of nitrogens with one attached hydrogen (secondary N) is 2. The number of hydrogen-bond acceptors (Lipinski definition) is 3. The van der Waals surface area contributed by atoms with Crippen LogP contribution in [0.1, 0.15) is 5.56 Å². The summed E-state index contributed by atoms with van der Waals surface area (Å²) in [4.78, 5) is 11.9. The smallest absolute Gasteiger partial charge is 0.238 e. The fourth-order valence-corrected chi connectivity index (χ4v) is 3.35. The summed E-state index contributed by atoms with van der Waals surface area (Å²) in [5.41, 5.74) is 1.26. The van der Waals surface area contributed by atoms with Crippen LogP contribution in [0.4, 0.5) is 0 Å². The van der Waals surface area contributed by atoms with Crippen LogP contribution in [-0.4, -0.2) is 30.1 Å². The van der Waals surface area contributed by atoms with Gasteiger partial charge in [-0.15, -0.1) is 24.2 Å². The van der Waals surface area contributed by atoms with Gasteiger partial charge in [0, 0.05) is 18.2 Å². The number of carbonyl (C=O) groups excluding carboxylic acids is 1. The molecule has 3 nitrogen and oxygen atoms in total. The predicted octanol–water partition coefficient (Wildman–Crippen LogP) is 2.58. The average Bonchev–Trinajstić information content (AvgIpc) is 3.01. The predicted molar refractivity (Wildman–Crippen MR) is 92.2 cm³/mol. The number of amides is 1. The van der Waals surface area contributed by atoms with Crippen LogP contribution < -0.4 is 10.6 Å². The number of benzene rings is 2. The van der Waals surface area contributed by atoms with E-state index in [1.165, 1.54) is 16.3 Å². The topological polar surface area (TPSA) is 41.1 Å². The van der Waals surface area contributed by atoms with Crippen molar-refractivity contribution in [2.24, 2.45) is 0 Å². The largest absolute Gasteiger partial charge is 0.354 e. The summed E-state index contributed by atoms with van der Waals surface area (Å²) in [6.07, 6.45) is 0.871. The van der Waals surface area contributed by atoms with Gasteiger partial charge in [-0.2, -0.15) is 0 Å². The molecule has 0 aromatic heterocycles. The minimum absolute atomic E-state index is 0. The molecule has 0 spiro atoms. The quantitative estimate of drug-likeness (QED) is 0.909. The Kier molecular flexibility index (Phi) is 5.91. The maximum absolute atomic E-state index is 11.9. The Balaban J connectivity index is 0.00000161. The van der Waals surface area contributed by atoms with Crippen molar-refractivity contribution in [2.45, 2.75) is 12.5 Å². The molecule has 1 fully saturated rings. The molecule has 1 heterocycles. The molecule has 1 unspecified atom stereocenters. The molecule has 1 atom stereocenters. The minimum Gasteiger partial charge on any atom is -0.354 e. The van der Waals surface area contributed by atoms with Crippen LogP contribution in [0.2, 0.25) is 0 Å². The van der Waals surface area contributed by atoms with Crippen LogP contribution in [0, 0.1) is 0 Å². The molecule has 2 N–H and O–H groups in total. The third kappa shape index (κ3) is 4.13. The standard InChI is InChI=1S/C16H18N2OS.ClH/c19-16(15-10-20-11-18-15)17-8-7-12-5-6-13-3-1-2-4-14(13)9-12;/h1-6,9,15,18H,7-8,10-11H2,(H,17,19);1H.